The Hall–Kier alpha value is -1.98. The van der Waals surface area contributed by atoms with Crippen molar-refractivity contribution in [2.75, 3.05) is 6.54 Å². The van der Waals surface area contributed by atoms with Crippen molar-refractivity contribution in [1.82, 2.24) is 10.3 Å². The number of carbonyl (C=O) groups is 1. The first-order valence-electron chi connectivity index (χ1n) is 5.92. The predicted octanol–water partition coefficient (Wildman–Crippen LogP) is 3.61. The van der Waals surface area contributed by atoms with Gasteiger partial charge in [0.2, 0.25) is 0 Å². The minimum atomic E-state index is -0.611. The zero-order valence-electron chi connectivity index (χ0n) is 11.5. The lowest BCUT2D eigenvalue weighted by Gasteiger charge is -2.23. The van der Waals surface area contributed by atoms with Gasteiger partial charge in [0, 0.05) is 17.3 Å². The van der Waals surface area contributed by atoms with Gasteiger partial charge in [-0.25, -0.2) is 4.79 Å². The van der Waals surface area contributed by atoms with E-state index < -0.39 is 17.7 Å². The van der Waals surface area contributed by atoms with Crippen LogP contribution in [-0.4, -0.2) is 23.2 Å². The van der Waals surface area contributed by atoms with Crippen molar-refractivity contribution in [3.05, 3.63) is 39.5 Å². The van der Waals surface area contributed by atoms with Crippen LogP contribution in [0.4, 0.5) is 4.79 Å². The Morgan fingerprint density at radius 1 is 1.60 bits per heavy atom. The van der Waals surface area contributed by atoms with Crippen LogP contribution in [0.2, 0.25) is 5.02 Å². The van der Waals surface area contributed by atoms with Gasteiger partial charge in [-0.2, -0.15) is 0 Å². The number of halogens is 1. The van der Waals surface area contributed by atoms with Gasteiger partial charge in [0.15, 0.2) is 0 Å². The number of nitrogens with zero attached hydrogens (tertiary/aromatic N) is 4. The number of aromatic nitrogens is 1. The second-order valence-corrected chi connectivity index (χ2v) is 5.49. The molecule has 0 aliphatic rings. The highest BCUT2D eigenvalue weighted by atomic mass is 35.5. The van der Waals surface area contributed by atoms with E-state index in [1.165, 1.54) is 6.20 Å². The van der Waals surface area contributed by atoms with E-state index in [9.17, 15) is 4.79 Å². The summed E-state index contributed by atoms with van der Waals surface area (Å²) in [6.45, 7) is 5.32. The second-order valence-electron chi connectivity index (χ2n) is 5.05. The van der Waals surface area contributed by atoms with Gasteiger partial charge in [-0.1, -0.05) is 16.7 Å². The average Bonchev–Trinajstić information content (AvgIpc) is 2.32. The molecule has 1 N–H and O–H groups in total. The van der Waals surface area contributed by atoms with Gasteiger partial charge >= 0.3 is 6.09 Å². The number of pyridine rings is 1. The monoisotopic (exact) mass is 297 g/mol. The van der Waals surface area contributed by atoms with Gasteiger partial charge in [0.25, 0.3) is 0 Å². The molecule has 20 heavy (non-hydrogen) atoms. The predicted molar refractivity (Wildman–Crippen MR) is 75.4 cm³/mol. The molecule has 1 amide bonds. The molecule has 108 valence electrons. The fourth-order valence-corrected chi connectivity index (χ4v) is 1.60. The van der Waals surface area contributed by atoms with Crippen LogP contribution in [0.15, 0.2) is 23.6 Å². The zero-order valence-corrected chi connectivity index (χ0v) is 12.3. The average molecular weight is 298 g/mol. The van der Waals surface area contributed by atoms with E-state index in [2.05, 4.69) is 20.3 Å². The quantitative estimate of drug-likeness (QED) is 0.522. The Kier molecular flexibility index (Phi) is 5.61. The van der Waals surface area contributed by atoms with Crippen LogP contribution >= 0.6 is 11.6 Å². The van der Waals surface area contributed by atoms with E-state index in [0.717, 1.165) is 0 Å². The number of hydrogen-bond donors (Lipinski definition) is 1. The number of rotatable bonds is 4. The largest absolute Gasteiger partial charge is 0.444 e. The molecule has 0 aliphatic carbocycles. The second kappa shape index (κ2) is 6.98. The summed E-state index contributed by atoms with van der Waals surface area (Å²) in [6, 6.07) is 1.09. The van der Waals surface area contributed by atoms with E-state index in [-0.39, 0.29) is 6.54 Å². The van der Waals surface area contributed by atoms with Crippen molar-refractivity contribution in [1.29, 1.82) is 0 Å². The minimum Gasteiger partial charge on any atom is -0.444 e. The molecule has 1 aromatic heterocycles. The molecule has 1 atom stereocenters. The molecule has 0 radical (unpaired) electrons. The number of amides is 1. The highest BCUT2D eigenvalue weighted by molar-refractivity contribution is 6.30. The van der Waals surface area contributed by atoms with E-state index in [1.807, 2.05) is 0 Å². The van der Waals surface area contributed by atoms with Crippen molar-refractivity contribution >= 4 is 17.7 Å². The molecule has 0 spiro atoms. The fraction of sp³-hybridized carbons (Fsp3) is 0.500. The SMILES string of the molecule is CC(C)(C)OC(=O)NC(CN=[N+]=[N-])c1cncc(Cl)c1. The zero-order chi connectivity index (χ0) is 15.2. The Labute approximate surface area is 121 Å². The van der Waals surface area contributed by atoms with Crippen molar-refractivity contribution in [3.63, 3.8) is 0 Å². The third-order valence-corrected chi connectivity index (χ3v) is 2.35. The first-order chi connectivity index (χ1) is 9.31. The van der Waals surface area contributed by atoms with Gasteiger partial charge in [-0.15, -0.1) is 0 Å². The third-order valence-electron chi connectivity index (χ3n) is 2.15. The summed E-state index contributed by atoms with van der Waals surface area (Å²) in [7, 11) is 0. The highest BCUT2D eigenvalue weighted by Crippen LogP contribution is 2.18. The molecular weight excluding hydrogens is 282 g/mol. The van der Waals surface area contributed by atoms with Gasteiger partial charge in [0.05, 0.1) is 17.6 Å². The molecule has 0 aliphatic heterocycles. The van der Waals surface area contributed by atoms with Crippen LogP contribution < -0.4 is 5.32 Å². The molecule has 1 unspecified atom stereocenters. The van der Waals surface area contributed by atoms with Crippen LogP contribution in [0.1, 0.15) is 32.4 Å². The van der Waals surface area contributed by atoms with Crippen molar-refractivity contribution < 1.29 is 9.53 Å². The summed E-state index contributed by atoms with van der Waals surface area (Å²) in [6.07, 6.45) is 2.42. The van der Waals surface area contributed by atoms with Crippen molar-refractivity contribution in [3.8, 4) is 0 Å². The molecule has 0 aromatic carbocycles. The standard InChI is InChI=1S/C12H16ClN5O2/c1-12(2,3)20-11(19)17-10(7-16-18-14)8-4-9(13)6-15-5-8/h4-6,10H,7H2,1-3H3,(H,17,19). The minimum absolute atomic E-state index is 0.0394. The summed E-state index contributed by atoms with van der Waals surface area (Å²) in [5.41, 5.74) is 8.43. The number of ether oxygens (including phenoxy) is 1. The molecule has 1 rings (SSSR count). The van der Waals surface area contributed by atoms with E-state index in [1.54, 1.807) is 33.0 Å². The number of carbonyl (C=O) groups excluding carboxylic acids is 1. The van der Waals surface area contributed by atoms with Crippen LogP contribution in [0.5, 0.6) is 0 Å². The van der Waals surface area contributed by atoms with Gasteiger partial charge in [-0.3, -0.25) is 4.98 Å². The topological polar surface area (TPSA) is 100.0 Å². The first kappa shape index (κ1) is 16.1. The maximum atomic E-state index is 11.8. The number of azide groups is 1. The molecule has 0 saturated heterocycles. The summed E-state index contributed by atoms with van der Waals surface area (Å²) < 4.78 is 5.16. The summed E-state index contributed by atoms with van der Waals surface area (Å²) >= 11 is 5.86. The molecule has 0 bridgehead atoms. The van der Waals surface area contributed by atoms with Gasteiger partial charge < -0.3 is 10.1 Å². The van der Waals surface area contributed by atoms with E-state index >= 15 is 0 Å². The summed E-state index contributed by atoms with van der Waals surface area (Å²) in [5, 5.41) is 6.52. The van der Waals surface area contributed by atoms with Crippen LogP contribution in [0.25, 0.3) is 10.4 Å². The number of hydrogen-bond acceptors (Lipinski definition) is 4. The maximum Gasteiger partial charge on any atom is 0.408 e. The van der Waals surface area contributed by atoms with E-state index in [0.29, 0.717) is 10.6 Å². The molecule has 8 heteroatoms. The third kappa shape index (κ3) is 5.77. The normalized spacial score (nSPS) is 12.2. The highest BCUT2D eigenvalue weighted by Gasteiger charge is 2.20. The Morgan fingerprint density at radius 3 is 2.85 bits per heavy atom. The molecular formula is C12H16ClN5O2. The number of nitrogens with one attached hydrogen (secondary N) is 1. The van der Waals surface area contributed by atoms with Crippen molar-refractivity contribution in [2.45, 2.75) is 32.4 Å². The summed E-state index contributed by atoms with van der Waals surface area (Å²) in [5.74, 6) is 0. The van der Waals surface area contributed by atoms with Crippen LogP contribution in [0, 0.1) is 0 Å². The molecule has 0 saturated carbocycles. The summed E-state index contributed by atoms with van der Waals surface area (Å²) in [4.78, 5) is 18.4. The lowest BCUT2D eigenvalue weighted by molar-refractivity contribution is 0.0505. The lowest BCUT2D eigenvalue weighted by atomic mass is 10.1. The molecule has 1 heterocycles. The van der Waals surface area contributed by atoms with Crippen molar-refractivity contribution in [2.24, 2.45) is 5.11 Å². The van der Waals surface area contributed by atoms with E-state index in [4.69, 9.17) is 21.9 Å². The Balaban J connectivity index is 2.85. The lowest BCUT2D eigenvalue weighted by Crippen LogP contribution is -2.36. The maximum absolute atomic E-state index is 11.8. The fourth-order valence-electron chi connectivity index (χ4n) is 1.42. The molecule has 7 nitrogen and oxygen atoms in total. The smallest absolute Gasteiger partial charge is 0.408 e. The number of alkyl carbamates (subject to hydrolysis) is 1. The van der Waals surface area contributed by atoms with Crippen LogP contribution in [-0.2, 0) is 4.74 Å². The van der Waals surface area contributed by atoms with Gasteiger partial charge in [-0.05, 0) is 37.9 Å². The molecule has 1 aromatic rings. The van der Waals surface area contributed by atoms with Crippen LogP contribution in [0.3, 0.4) is 0 Å². The Bertz CT molecular complexity index is 523. The first-order valence-corrected chi connectivity index (χ1v) is 6.30. The molecule has 0 fully saturated rings. The Morgan fingerprint density at radius 2 is 2.30 bits per heavy atom. The van der Waals surface area contributed by atoms with Gasteiger partial charge in [0.1, 0.15) is 5.60 Å².